The van der Waals surface area contributed by atoms with Crippen molar-refractivity contribution in [1.29, 1.82) is 0 Å². The zero-order chi connectivity index (χ0) is 31.1. The molecule has 15 nitrogen and oxygen atoms in total. The van der Waals surface area contributed by atoms with Crippen molar-refractivity contribution < 1.29 is 39.4 Å². The van der Waals surface area contributed by atoms with Crippen LogP contribution in [0.25, 0.3) is 0 Å². The lowest BCUT2D eigenvalue weighted by molar-refractivity contribution is -0.297. The maximum Gasteiger partial charge on any atom is 0.254 e. The number of β-amino-alcohol motifs (C(OH)–C–C–N with tert-alkyl or cyclic N) is 1. The zero-order valence-electron chi connectivity index (χ0n) is 25.0. The van der Waals surface area contributed by atoms with Crippen LogP contribution in [0.4, 0.5) is 0 Å². The SMILES string of the molecule is CN[C@@H]1[C@@H](O)[C@@H](O[C@@H]2[C@@H](O)[C@H](C3OC(CNC[C@H]4C[C@H](N)C4)=CC[C@H]3N)[C@@H](N)C[C@H]2NC(=O)C2(O)CNC2)OC[C@]1(C)O. The van der Waals surface area contributed by atoms with E-state index in [4.69, 9.17) is 31.4 Å². The number of likely N-dealkylation sites (N-methyl/N-ethyl adjacent to an activating group) is 1. The van der Waals surface area contributed by atoms with E-state index in [-0.39, 0.29) is 32.2 Å². The van der Waals surface area contributed by atoms with Crippen molar-refractivity contribution in [3.63, 3.8) is 0 Å². The van der Waals surface area contributed by atoms with Crippen LogP contribution in [0.15, 0.2) is 11.8 Å². The number of aliphatic hydroxyl groups is 4. The predicted octanol–water partition coefficient (Wildman–Crippen LogP) is -4.72. The molecule has 0 aromatic rings. The summed E-state index contributed by atoms with van der Waals surface area (Å²) in [5, 5.41) is 56.2. The molecule has 14 N–H and O–H groups in total. The van der Waals surface area contributed by atoms with Crippen LogP contribution >= 0.6 is 0 Å². The minimum atomic E-state index is -1.58. The summed E-state index contributed by atoms with van der Waals surface area (Å²) < 4.78 is 18.3. The van der Waals surface area contributed by atoms with Gasteiger partial charge in [0.05, 0.1) is 31.3 Å². The number of carbonyl (C=O) groups is 1. The summed E-state index contributed by atoms with van der Waals surface area (Å²) in [5.74, 6) is -0.0299. The molecule has 11 atom stereocenters. The number of rotatable bonds is 10. The Morgan fingerprint density at radius 1 is 1.14 bits per heavy atom. The normalized spacial score (nSPS) is 46.1. The van der Waals surface area contributed by atoms with Gasteiger partial charge in [-0.05, 0) is 58.2 Å². The highest BCUT2D eigenvalue weighted by Gasteiger charge is 2.54. The molecule has 0 aromatic heterocycles. The minimum Gasteiger partial charge on any atom is -0.492 e. The number of aliphatic hydroxyl groups excluding tert-OH is 2. The van der Waals surface area contributed by atoms with Gasteiger partial charge >= 0.3 is 0 Å². The second kappa shape index (κ2) is 13.1. The van der Waals surface area contributed by atoms with Crippen LogP contribution in [-0.4, -0.2) is 138 Å². The summed E-state index contributed by atoms with van der Waals surface area (Å²) in [6.45, 7) is 2.93. The van der Waals surface area contributed by atoms with Crippen molar-refractivity contribution in [3.05, 3.63) is 11.8 Å². The Balaban J connectivity index is 1.31. The number of ether oxygens (including phenoxy) is 3. The van der Waals surface area contributed by atoms with Gasteiger partial charge in [-0.3, -0.25) is 4.79 Å². The van der Waals surface area contributed by atoms with Crippen molar-refractivity contribution in [2.45, 2.75) is 105 Å². The molecule has 0 aromatic carbocycles. The smallest absolute Gasteiger partial charge is 0.254 e. The van der Waals surface area contributed by atoms with Crippen LogP contribution in [0.1, 0.15) is 32.6 Å². The van der Waals surface area contributed by atoms with E-state index >= 15 is 0 Å². The molecule has 246 valence electrons. The van der Waals surface area contributed by atoms with Gasteiger partial charge in [-0.25, -0.2) is 0 Å². The fourth-order valence-corrected chi connectivity index (χ4v) is 7.14. The molecule has 0 bridgehead atoms. The molecular weight excluding hydrogens is 562 g/mol. The summed E-state index contributed by atoms with van der Waals surface area (Å²) in [6.07, 6.45) is -0.899. The van der Waals surface area contributed by atoms with Gasteiger partial charge in [0.15, 0.2) is 11.9 Å². The third kappa shape index (κ3) is 6.88. The summed E-state index contributed by atoms with van der Waals surface area (Å²) in [4.78, 5) is 13.0. The average molecular weight is 614 g/mol. The molecule has 2 saturated heterocycles. The van der Waals surface area contributed by atoms with Gasteiger partial charge in [-0.2, -0.15) is 0 Å². The highest BCUT2D eigenvalue weighted by molar-refractivity contribution is 5.87. The van der Waals surface area contributed by atoms with E-state index in [1.807, 2.05) is 6.08 Å². The third-order valence-corrected chi connectivity index (χ3v) is 9.87. The number of nitrogens with one attached hydrogen (secondary N) is 4. The molecular formula is C28H51N7O8. The topological polar surface area (TPSA) is 252 Å². The maximum atomic E-state index is 13.0. The van der Waals surface area contributed by atoms with Gasteiger partial charge in [0.2, 0.25) is 0 Å². The van der Waals surface area contributed by atoms with E-state index < -0.39 is 77.9 Å². The largest absolute Gasteiger partial charge is 0.492 e. The number of hydrogen-bond donors (Lipinski definition) is 11. The van der Waals surface area contributed by atoms with Crippen molar-refractivity contribution in [2.24, 2.45) is 29.0 Å². The summed E-state index contributed by atoms with van der Waals surface area (Å²) in [7, 11) is 1.61. The first kappa shape index (κ1) is 32.9. The second-order valence-corrected chi connectivity index (χ2v) is 13.5. The van der Waals surface area contributed by atoms with Crippen molar-refractivity contribution in [1.82, 2.24) is 21.3 Å². The van der Waals surface area contributed by atoms with Crippen LogP contribution in [0.2, 0.25) is 0 Å². The number of carbonyl (C=O) groups excluding carboxylic acids is 1. The molecule has 1 amide bonds. The predicted molar refractivity (Wildman–Crippen MR) is 155 cm³/mol. The van der Waals surface area contributed by atoms with Crippen LogP contribution in [0, 0.1) is 11.8 Å². The lowest BCUT2D eigenvalue weighted by Crippen LogP contribution is -2.72. The number of hydrogen-bond acceptors (Lipinski definition) is 14. The molecule has 3 heterocycles. The molecule has 43 heavy (non-hydrogen) atoms. The summed E-state index contributed by atoms with van der Waals surface area (Å²) in [6, 6.07) is -2.42. The van der Waals surface area contributed by atoms with E-state index in [0.29, 0.717) is 24.6 Å². The monoisotopic (exact) mass is 613 g/mol. The molecule has 5 rings (SSSR count). The van der Waals surface area contributed by atoms with Crippen LogP contribution in [0.5, 0.6) is 0 Å². The van der Waals surface area contributed by atoms with Crippen LogP contribution < -0.4 is 38.5 Å². The zero-order valence-corrected chi connectivity index (χ0v) is 25.0. The first-order chi connectivity index (χ1) is 20.3. The Kier molecular flexibility index (Phi) is 10.0. The van der Waals surface area contributed by atoms with Gasteiger partial charge in [0.25, 0.3) is 5.91 Å². The van der Waals surface area contributed by atoms with E-state index in [1.165, 1.54) is 6.92 Å². The van der Waals surface area contributed by atoms with E-state index in [0.717, 1.165) is 19.4 Å². The molecule has 3 aliphatic heterocycles. The Morgan fingerprint density at radius 2 is 1.86 bits per heavy atom. The highest BCUT2D eigenvalue weighted by Crippen LogP contribution is 2.37. The lowest BCUT2D eigenvalue weighted by atomic mass is 9.72. The molecule has 2 aliphatic carbocycles. The maximum absolute atomic E-state index is 13.0. The minimum absolute atomic E-state index is 0.0964. The van der Waals surface area contributed by atoms with Crippen LogP contribution in [-0.2, 0) is 19.0 Å². The first-order valence-corrected chi connectivity index (χ1v) is 15.4. The molecule has 0 spiro atoms. The fraction of sp³-hybridized carbons (Fsp3) is 0.893. The van der Waals surface area contributed by atoms with Crippen molar-refractivity contribution in [3.8, 4) is 0 Å². The third-order valence-electron chi connectivity index (χ3n) is 9.87. The summed E-state index contributed by atoms with van der Waals surface area (Å²) >= 11 is 0. The van der Waals surface area contributed by atoms with Crippen LogP contribution in [0.3, 0.4) is 0 Å². The molecule has 1 unspecified atom stereocenters. The number of amides is 1. The van der Waals surface area contributed by atoms with Gasteiger partial charge in [-0.15, -0.1) is 0 Å². The second-order valence-electron chi connectivity index (χ2n) is 13.5. The molecule has 4 fully saturated rings. The number of nitrogens with two attached hydrogens (primary N) is 3. The highest BCUT2D eigenvalue weighted by atomic mass is 16.7. The fourth-order valence-electron chi connectivity index (χ4n) is 7.14. The molecule has 0 radical (unpaired) electrons. The summed E-state index contributed by atoms with van der Waals surface area (Å²) in [5.41, 5.74) is 16.1. The van der Waals surface area contributed by atoms with E-state index in [1.54, 1.807) is 7.05 Å². The van der Waals surface area contributed by atoms with Crippen molar-refractivity contribution in [2.75, 3.05) is 39.8 Å². The quantitative estimate of drug-likeness (QED) is 0.111. The Labute approximate surface area is 252 Å². The van der Waals surface area contributed by atoms with E-state index in [9.17, 15) is 25.2 Å². The lowest BCUT2D eigenvalue weighted by Gasteiger charge is -2.51. The Hall–Kier alpha value is -1.47. The molecule has 15 heteroatoms. The van der Waals surface area contributed by atoms with Gasteiger partial charge in [0.1, 0.15) is 29.7 Å². The van der Waals surface area contributed by atoms with E-state index in [2.05, 4.69) is 21.3 Å². The first-order valence-electron chi connectivity index (χ1n) is 15.4. The standard InChI is InChI=1S/C28H51N7O8/c1-27(39)12-41-25(21(37)24(27)32-2)43-23-18(35-26(38)28(40)10-34-11-28)7-17(31)19(20(23)36)22-16(30)4-3-15(42-22)9-33-8-13-5-14(29)6-13/h3,13-14,16-25,32-34,36-37,39-40H,4-12,29-31H2,1-2H3,(H,35,38)/t13-,14-,16-,17+,18-,19-,20+,21-,22?,23+,24-,25-,27+/m1/s1. The van der Waals surface area contributed by atoms with Gasteiger partial charge < -0.3 is 73.1 Å². The van der Waals surface area contributed by atoms with Gasteiger partial charge in [0, 0.05) is 37.1 Å². The van der Waals surface area contributed by atoms with Gasteiger partial charge in [-0.1, -0.05) is 0 Å². The average Bonchev–Trinajstić information content (AvgIpc) is 2.91. The van der Waals surface area contributed by atoms with Crippen molar-refractivity contribution >= 4 is 5.91 Å². The molecule has 5 aliphatic rings. The molecule has 2 saturated carbocycles. The Bertz CT molecular complexity index is 1010. The Morgan fingerprint density at radius 3 is 2.49 bits per heavy atom.